The number of benzene rings is 2. The van der Waals surface area contributed by atoms with Gasteiger partial charge in [0.05, 0.1) is 32.1 Å². The molecule has 1 N–H and O–H groups in total. The third-order valence-corrected chi connectivity index (χ3v) is 5.28. The van der Waals surface area contributed by atoms with Crippen molar-refractivity contribution >= 4 is 18.0 Å². The summed E-state index contributed by atoms with van der Waals surface area (Å²) in [4.78, 5) is 4.11. The normalized spacial score (nSPS) is 19.3. The zero-order valence-electron chi connectivity index (χ0n) is 17.9. The molecule has 0 atom stereocenters. The Balaban J connectivity index is 1.49. The fourth-order valence-corrected chi connectivity index (χ4v) is 3.49. The van der Waals surface area contributed by atoms with Crippen molar-refractivity contribution in [2.24, 2.45) is 4.99 Å². The summed E-state index contributed by atoms with van der Waals surface area (Å²) < 4.78 is 43.8. The van der Waals surface area contributed by atoms with Gasteiger partial charge in [0.1, 0.15) is 17.4 Å². The second-order valence-corrected chi connectivity index (χ2v) is 7.30. The van der Waals surface area contributed by atoms with Crippen LogP contribution in [0.15, 0.2) is 47.5 Å². The van der Waals surface area contributed by atoms with Crippen molar-refractivity contribution in [1.29, 1.82) is 0 Å². The number of halogens is 2. The molecule has 2 aromatic carbocycles. The molecule has 0 aromatic heterocycles. The van der Waals surface area contributed by atoms with Crippen LogP contribution in [0.5, 0.6) is 5.75 Å². The van der Waals surface area contributed by atoms with E-state index in [1.807, 2.05) is 31.2 Å². The van der Waals surface area contributed by atoms with Gasteiger partial charge in [-0.3, -0.25) is 4.99 Å². The van der Waals surface area contributed by atoms with Crippen LogP contribution in [0.3, 0.4) is 0 Å². The van der Waals surface area contributed by atoms with Gasteiger partial charge < -0.3 is 19.5 Å². The average Bonchev–Trinajstić information content (AvgIpc) is 2.79. The van der Waals surface area contributed by atoms with Crippen LogP contribution in [0.2, 0.25) is 0 Å². The minimum Gasteiger partial charge on any atom is -0.497 e. The third-order valence-electron chi connectivity index (χ3n) is 5.28. The first-order valence-corrected chi connectivity index (χ1v) is 10.2. The van der Waals surface area contributed by atoms with Crippen LogP contribution in [-0.4, -0.2) is 39.4 Å². The number of hydrogen-bond donors (Lipinski definition) is 1. The second kappa shape index (κ2) is 11.1. The zero-order chi connectivity index (χ0) is 22.2. The summed E-state index contributed by atoms with van der Waals surface area (Å²) in [5.74, 6) is -0.384. The van der Waals surface area contributed by atoms with E-state index in [2.05, 4.69) is 17.0 Å². The third kappa shape index (κ3) is 6.19. The summed E-state index contributed by atoms with van der Waals surface area (Å²) in [6, 6.07) is 9.22. The van der Waals surface area contributed by atoms with Gasteiger partial charge in [-0.25, -0.2) is 8.78 Å². The molecule has 0 aliphatic carbocycles. The molecular formula is C24H28F2N2O3. The quantitative estimate of drug-likeness (QED) is 0.568. The van der Waals surface area contributed by atoms with Crippen molar-refractivity contribution in [1.82, 2.24) is 5.32 Å². The van der Waals surface area contributed by atoms with E-state index in [1.54, 1.807) is 7.11 Å². The molecule has 166 valence electrons. The number of hydrogen-bond acceptors (Lipinski definition) is 5. The minimum atomic E-state index is -0.584. The number of ether oxygens (including phenoxy) is 3. The number of methoxy groups -OCH3 is 1. The van der Waals surface area contributed by atoms with Crippen LogP contribution in [-0.2, 0) is 16.0 Å². The Hall–Kier alpha value is -2.61. The summed E-state index contributed by atoms with van der Waals surface area (Å²) in [5, 5.41) is 3.19. The summed E-state index contributed by atoms with van der Waals surface area (Å²) in [7, 11) is 1.63. The van der Waals surface area contributed by atoms with E-state index in [9.17, 15) is 8.78 Å². The van der Waals surface area contributed by atoms with Crippen molar-refractivity contribution < 1.29 is 23.0 Å². The maximum atomic E-state index is 13.8. The maximum Gasteiger partial charge on any atom is 0.158 e. The van der Waals surface area contributed by atoms with Gasteiger partial charge in [-0.15, -0.1) is 0 Å². The second-order valence-electron chi connectivity index (χ2n) is 7.30. The molecule has 1 aliphatic heterocycles. The van der Waals surface area contributed by atoms with Crippen LogP contribution in [0.25, 0.3) is 5.57 Å². The fourth-order valence-electron chi connectivity index (χ4n) is 3.49. The number of rotatable bonds is 9. The molecule has 0 bridgehead atoms. The first-order chi connectivity index (χ1) is 15.0. The van der Waals surface area contributed by atoms with Gasteiger partial charge >= 0.3 is 0 Å². The Morgan fingerprint density at radius 1 is 1.23 bits per heavy atom. The summed E-state index contributed by atoms with van der Waals surface area (Å²) in [5.41, 5.74) is 3.30. The van der Waals surface area contributed by atoms with E-state index in [1.165, 1.54) is 12.1 Å². The maximum absolute atomic E-state index is 13.8. The lowest BCUT2D eigenvalue weighted by atomic mass is 9.98. The SMILES string of the molecule is C=Nc1ccc(OC)cc1/C(=C\C)CCC1OCC(NCc2ccc(F)cc2F)CO1. The smallest absolute Gasteiger partial charge is 0.158 e. The molecule has 2 aromatic rings. The summed E-state index contributed by atoms with van der Waals surface area (Å²) in [6.45, 7) is 6.83. The van der Waals surface area contributed by atoms with E-state index in [4.69, 9.17) is 14.2 Å². The predicted octanol–water partition coefficient (Wildman–Crippen LogP) is 5.02. The topological polar surface area (TPSA) is 52.1 Å². The molecule has 0 radical (unpaired) electrons. The van der Waals surface area contributed by atoms with Crippen LogP contribution in [0, 0.1) is 11.6 Å². The Morgan fingerprint density at radius 2 is 2.00 bits per heavy atom. The van der Waals surface area contributed by atoms with E-state index >= 15 is 0 Å². The van der Waals surface area contributed by atoms with Gasteiger partial charge in [-0.05, 0) is 49.9 Å². The number of nitrogens with zero attached hydrogens (tertiary/aromatic N) is 1. The lowest BCUT2D eigenvalue weighted by Gasteiger charge is -2.30. The molecular weight excluding hydrogens is 402 g/mol. The highest BCUT2D eigenvalue weighted by molar-refractivity contribution is 5.76. The fraction of sp³-hybridized carbons (Fsp3) is 0.375. The standard InChI is InChI=1S/C24H28F2N2O3/c1-4-16(21-12-20(29-3)8-9-23(21)27-2)6-10-24-30-14-19(15-31-24)28-13-17-5-7-18(25)11-22(17)26/h4-5,7-9,11-12,19,24,28H,2,6,10,13-15H2,1,3H3/b16-4-. The molecule has 1 aliphatic rings. The van der Waals surface area contributed by atoms with Crippen molar-refractivity contribution in [3.8, 4) is 5.75 Å². The Morgan fingerprint density at radius 3 is 2.65 bits per heavy atom. The molecule has 1 fully saturated rings. The van der Waals surface area contributed by atoms with Gasteiger partial charge in [0.2, 0.25) is 0 Å². The van der Waals surface area contributed by atoms with Crippen LogP contribution >= 0.6 is 0 Å². The van der Waals surface area contributed by atoms with Crippen molar-refractivity contribution in [3.05, 3.63) is 65.2 Å². The first kappa shape index (κ1) is 23.1. The van der Waals surface area contributed by atoms with Crippen LogP contribution in [0.1, 0.15) is 30.9 Å². The molecule has 5 nitrogen and oxygen atoms in total. The highest BCUT2D eigenvalue weighted by Gasteiger charge is 2.23. The summed E-state index contributed by atoms with van der Waals surface area (Å²) >= 11 is 0. The van der Waals surface area contributed by atoms with Crippen LogP contribution < -0.4 is 10.1 Å². The van der Waals surface area contributed by atoms with Gasteiger partial charge in [0.25, 0.3) is 0 Å². The van der Waals surface area contributed by atoms with Gasteiger partial charge in [-0.2, -0.15) is 0 Å². The molecule has 0 amide bonds. The first-order valence-electron chi connectivity index (χ1n) is 10.2. The van der Waals surface area contributed by atoms with E-state index in [-0.39, 0.29) is 18.9 Å². The van der Waals surface area contributed by atoms with Gasteiger partial charge in [0.15, 0.2) is 6.29 Å². The molecule has 0 spiro atoms. The monoisotopic (exact) mass is 430 g/mol. The molecule has 7 heteroatoms. The van der Waals surface area contributed by atoms with Gasteiger partial charge in [-0.1, -0.05) is 12.1 Å². The number of nitrogens with one attached hydrogen (secondary N) is 1. The lowest BCUT2D eigenvalue weighted by molar-refractivity contribution is -0.191. The Kier molecular flexibility index (Phi) is 8.28. The van der Waals surface area contributed by atoms with E-state index in [0.717, 1.165) is 35.1 Å². The predicted molar refractivity (Wildman–Crippen MR) is 118 cm³/mol. The molecule has 0 unspecified atom stereocenters. The van der Waals surface area contributed by atoms with Crippen molar-refractivity contribution in [3.63, 3.8) is 0 Å². The molecule has 3 rings (SSSR count). The van der Waals surface area contributed by atoms with Crippen molar-refractivity contribution in [2.45, 2.75) is 38.6 Å². The molecule has 31 heavy (non-hydrogen) atoms. The van der Waals surface area contributed by atoms with E-state index < -0.39 is 11.6 Å². The highest BCUT2D eigenvalue weighted by Crippen LogP contribution is 2.33. The molecule has 1 heterocycles. The minimum absolute atomic E-state index is 0.0585. The van der Waals surface area contributed by atoms with Crippen molar-refractivity contribution in [2.75, 3.05) is 20.3 Å². The van der Waals surface area contributed by atoms with E-state index in [0.29, 0.717) is 25.2 Å². The number of aliphatic imine (C=N–C) groups is 1. The average molecular weight is 430 g/mol. The highest BCUT2D eigenvalue weighted by atomic mass is 19.1. The zero-order valence-corrected chi connectivity index (χ0v) is 17.9. The van der Waals surface area contributed by atoms with Crippen LogP contribution in [0.4, 0.5) is 14.5 Å². The Bertz CT molecular complexity index is 925. The lowest BCUT2D eigenvalue weighted by Crippen LogP contribution is -2.44. The number of allylic oxidation sites excluding steroid dienone is 2. The molecule has 0 saturated carbocycles. The van der Waals surface area contributed by atoms with Gasteiger partial charge in [0, 0.05) is 30.2 Å². The largest absolute Gasteiger partial charge is 0.497 e. The summed E-state index contributed by atoms with van der Waals surface area (Å²) in [6.07, 6.45) is 3.16. The Labute approximate surface area is 181 Å². The molecule has 1 saturated heterocycles.